The molecule has 0 radical (unpaired) electrons. The molecule has 2 aromatic rings. The highest BCUT2D eigenvalue weighted by atomic mass is 15.1. The summed E-state index contributed by atoms with van der Waals surface area (Å²) in [5.74, 6) is 1.99. The van der Waals surface area contributed by atoms with E-state index in [1.807, 2.05) is 13.0 Å². The van der Waals surface area contributed by atoms with Crippen LogP contribution in [0.15, 0.2) is 36.5 Å². The number of nitrogens with zero attached hydrogens (tertiary/aromatic N) is 2. The molecule has 4 nitrogen and oxygen atoms in total. The molecule has 0 spiro atoms. The molecule has 0 bridgehead atoms. The Labute approximate surface area is 114 Å². The van der Waals surface area contributed by atoms with Crippen LogP contribution in [0.4, 0.5) is 17.5 Å². The molecule has 2 rings (SSSR count). The van der Waals surface area contributed by atoms with Gasteiger partial charge in [-0.05, 0) is 36.6 Å². The van der Waals surface area contributed by atoms with Gasteiger partial charge in [0.15, 0.2) is 0 Å². The lowest BCUT2D eigenvalue weighted by Crippen LogP contribution is -2.03. The topological polar surface area (TPSA) is 49.8 Å². The fraction of sp³-hybridized carbons (Fsp3) is 0.333. The van der Waals surface area contributed by atoms with Gasteiger partial charge in [-0.15, -0.1) is 0 Å². The van der Waals surface area contributed by atoms with E-state index in [1.165, 1.54) is 5.56 Å². The summed E-state index contributed by atoms with van der Waals surface area (Å²) in [4.78, 5) is 8.53. The molecule has 2 N–H and O–H groups in total. The molecule has 0 aliphatic rings. The summed E-state index contributed by atoms with van der Waals surface area (Å²) >= 11 is 0. The SMILES string of the molecule is CCNc1nccc(Nc2ccc(C(C)C)cc2)n1. The van der Waals surface area contributed by atoms with Crippen molar-refractivity contribution < 1.29 is 0 Å². The Morgan fingerprint density at radius 1 is 1.11 bits per heavy atom. The third kappa shape index (κ3) is 3.68. The average Bonchev–Trinajstić information content (AvgIpc) is 2.40. The quantitative estimate of drug-likeness (QED) is 0.855. The maximum atomic E-state index is 4.38. The predicted molar refractivity (Wildman–Crippen MR) is 80.0 cm³/mol. The van der Waals surface area contributed by atoms with E-state index in [2.05, 4.69) is 58.7 Å². The lowest BCUT2D eigenvalue weighted by Gasteiger charge is -2.09. The van der Waals surface area contributed by atoms with Crippen molar-refractivity contribution in [2.45, 2.75) is 26.7 Å². The first-order valence-corrected chi connectivity index (χ1v) is 6.63. The van der Waals surface area contributed by atoms with E-state index >= 15 is 0 Å². The lowest BCUT2D eigenvalue weighted by atomic mass is 10.0. The van der Waals surface area contributed by atoms with Crippen molar-refractivity contribution in [2.24, 2.45) is 0 Å². The van der Waals surface area contributed by atoms with E-state index in [0.29, 0.717) is 11.9 Å². The van der Waals surface area contributed by atoms with Crippen molar-refractivity contribution in [3.63, 3.8) is 0 Å². The van der Waals surface area contributed by atoms with Crippen LogP contribution in [0.5, 0.6) is 0 Å². The molecular weight excluding hydrogens is 236 g/mol. The predicted octanol–water partition coefficient (Wildman–Crippen LogP) is 3.78. The number of anilines is 3. The molecular formula is C15H20N4. The molecule has 4 heteroatoms. The van der Waals surface area contributed by atoms with Crippen LogP contribution in [-0.2, 0) is 0 Å². The summed E-state index contributed by atoms with van der Waals surface area (Å²) < 4.78 is 0. The second-order valence-corrected chi connectivity index (χ2v) is 4.70. The summed E-state index contributed by atoms with van der Waals surface area (Å²) in [5, 5.41) is 6.37. The molecule has 100 valence electrons. The first kappa shape index (κ1) is 13.3. The minimum atomic E-state index is 0.549. The summed E-state index contributed by atoms with van der Waals surface area (Å²) in [7, 11) is 0. The molecule has 1 aromatic heterocycles. The van der Waals surface area contributed by atoms with Crippen LogP contribution in [-0.4, -0.2) is 16.5 Å². The maximum absolute atomic E-state index is 4.38. The molecule has 1 aromatic carbocycles. The van der Waals surface area contributed by atoms with E-state index < -0.39 is 0 Å². The Hall–Kier alpha value is -2.10. The van der Waals surface area contributed by atoms with Crippen LogP contribution < -0.4 is 10.6 Å². The zero-order chi connectivity index (χ0) is 13.7. The second kappa shape index (κ2) is 6.18. The van der Waals surface area contributed by atoms with Gasteiger partial charge in [-0.1, -0.05) is 26.0 Å². The minimum Gasteiger partial charge on any atom is -0.354 e. The van der Waals surface area contributed by atoms with Crippen LogP contribution in [0, 0.1) is 0 Å². The third-order valence-electron chi connectivity index (χ3n) is 2.84. The molecule has 0 aliphatic carbocycles. The van der Waals surface area contributed by atoms with Crippen LogP contribution in [0.2, 0.25) is 0 Å². The highest BCUT2D eigenvalue weighted by Crippen LogP contribution is 2.19. The van der Waals surface area contributed by atoms with Crippen LogP contribution in [0.1, 0.15) is 32.3 Å². The molecule has 0 atom stereocenters. The zero-order valence-electron chi connectivity index (χ0n) is 11.6. The first-order valence-electron chi connectivity index (χ1n) is 6.63. The Morgan fingerprint density at radius 2 is 1.84 bits per heavy atom. The van der Waals surface area contributed by atoms with E-state index in [9.17, 15) is 0 Å². The van der Waals surface area contributed by atoms with Gasteiger partial charge < -0.3 is 10.6 Å². The van der Waals surface area contributed by atoms with Gasteiger partial charge in [0.25, 0.3) is 0 Å². The van der Waals surface area contributed by atoms with Gasteiger partial charge in [-0.3, -0.25) is 0 Å². The summed E-state index contributed by atoms with van der Waals surface area (Å²) in [6.45, 7) is 7.21. The monoisotopic (exact) mass is 256 g/mol. The Kier molecular flexibility index (Phi) is 4.34. The van der Waals surface area contributed by atoms with Gasteiger partial charge in [0.05, 0.1) is 0 Å². The van der Waals surface area contributed by atoms with Crippen LogP contribution >= 0.6 is 0 Å². The summed E-state index contributed by atoms with van der Waals surface area (Å²) in [5.41, 5.74) is 2.37. The zero-order valence-corrected chi connectivity index (χ0v) is 11.6. The van der Waals surface area contributed by atoms with Gasteiger partial charge >= 0.3 is 0 Å². The molecule has 0 saturated carbocycles. The van der Waals surface area contributed by atoms with Gasteiger partial charge in [-0.25, -0.2) is 4.98 Å². The number of rotatable bonds is 5. The number of nitrogens with one attached hydrogen (secondary N) is 2. The fourth-order valence-electron chi connectivity index (χ4n) is 1.77. The number of benzene rings is 1. The van der Waals surface area contributed by atoms with E-state index in [0.717, 1.165) is 18.1 Å². The third-order valence-corrected chi connectivity index (χ3v) is 2.84. The molecule has 0 unspecified atom stereocenters. The van der Waals surface area contributed by atoms with E-state index in [1.54, 1.807) is 6.20 Å². The Morgan fingerprint density at radius 3 is 2.47 bits per heavy atom. The van der Waals surface area contributed by atoms with Crippen LogP contribution in [0.3, 0.4) is 0 Å². The van der Waals surface area contributed by atoms with Crippen molar-refractivity contribution in [1.29, 1.82) is 0 Å². The molecule has 0 saturated heterocycles. The lowest BCUT2D eigenvalue weighted by molar-refractivity contribution is 0.867. The summed E-state index contributed by atoms with van der Waals surface area (Å²) in [6, 6.07) is 10.3. The minimum absolute atomic E-state index is 0.549. The Bertz CT molecular complexity index is 520. The fourth-order valence-corrected chi connectivity index (χ4v) is 1.77. The highest BCUT2D eigenvalue weighted by Gasteiger charge is 2.01. The van der Waals surface area contributed by atoms with Gasteiger partial charge in [0.2, 0.25) is 5.95 Å². The molecule has 19 heavy (non-hydrogen) atoms. The molecule has 0 aliphatic heterocycles. The summed E-state index contributed by atoms with van der Waals surface area (Å²) in [6.07, 6.45) is 1.75. The van der Waals surface area contributed by atoms with Gasteiger partial charge in [0, 0.05) is 18.4 Å². The largest absolute Gasteiger partial charge is 0.354 e. The van der Waals surface area contributed by atoms with Crippen LogP contribution in [0.25, 0.3) is 0 Å². The average molecular weight is 256 g/mol. The van der Waals surface area contributed by atoms with Crippen molar-refractivity contribution in [3.8, 4) is 0 Å². The van der Waals surface area contributed by atoms with Crippen molar-refractivity contribution in [1.82, 2.24) is 9.97 Å². The first-order chi connectivity index (χ1) is 9.19. The highest BCUT2D eigenvalue weighted by molar-refractivity contribution is 5.57. The van der Waals surface area contributed by atoms with Gasteiger partial charge in [-0.2, -0.15) is 4.98 Å². The van der Waals surface area contributed by atoms with Crippen molar-refractivity contribution in [3.05, 3.63) is 42.1 Å². The van der Waals surface area contributed by atoms with Crippen molar-refractivity contribution >= 4 is 17.5 Å². The number of hydrogen-bond donors (Lipinski definition) is 2. The maximum Gasteiger partial charge on any atom is 0.224 e. The standard InChI is InChI=1S/C15H20N4/c1-4-16-15-17-10-9-14(19-15)18-13-7-5-12(6-8-13)11(2)3/h5-11H,4H2,1-3H3,(H2,16,17,18,19). The molecule has 1 heterocycles. The second-order valence-electron chi connectivity index (χ2n) is 4.70. The molecule has 0 amide bonds. The molecule has 0 fully saturated rings. The van der Waals surface area contributed by atoms with Crippen molar-refractivity contribution in [2.75, 3.05) is 17.2 Å². The van der Waals surface area contributed by atoms with E-state index in [4.69, 9.17) is 0 Å². The normalized spacial score (nSPS) is 10.5. The number of aromatic nitrogens is 2. The Balaban J connectivity index is 2.10. The van der Waals surface area contributed by atoms with E-state index in [-0.39, 0.29) is 0 Å². The smallest absolute Gasteiger partial charge is 0.224 e. The number of hydrogen-bond acceptors (Lipinski definition) is 4. The van der Waals surface area contributed by atoms with Gasteiger partial charge in [0.1, 0.15) is 5.82 Å².